The number of benzene rings is 1. The first-order chi connectivity index (χ1) is 10.5. The molecule has 0 radical (unpaired) electrons. The highest BCUT2D eigenvalue weighted by Gasteiger charge is 2.45. The van der Waals surface area contributed by atoms with Gasteiger partial charge in [-0.3, -0.25) is 14.5 Å². The van der Waals surface area contributed by atoms with E-state index in [1.165, 1.54) is 19.8 Å². The summed E-state index contributed by atoms with van der Waals surface area (Å²) in [6, 6.07) is 8.43. The number of Topliss-reactive ketones (excluding diaryl/α,β-unsaturated/α-hetero) is 1. The van der Waals surface area contributed by atoms with Crippen molar-refractivity contribution >= 4 is 11.8 Å². The lowest BCUT2D eigenvalue weighted by atomic mass is 9.75. The predicted octanol–water partition coefficient (Wildman–Crippen LogP) is 3.04. The Hall–Kier alpha value is -1.68. The predicted molar refractivity (Wildman–Crippen MR) is 83.7 cm³/mol. The molecule has 0 aromatic heterocycles. The molecule has 0 N–H and O–H groups in total. The summed E-state index contributed by atoms with van der Waals surface area (Å²) in [7, 11) is 2.17. The maximum absolute atomic E-state index is 11.7. The molecule has 0 heterocycles. The molecule has 0 spiro atoms. The van der Waals surface area contributed by atoms with Gasteiger partial charge in [0.25, 0.3) is 0 Å². The van der Waals surface area contributed by atoms with E-state index in [1.54, 1.807) is 0 Å². The molecule has 1 aromatic rings. The van der Waals surface area contributed by atoms with Crippen LogP contribution in [0.4, 0.5) is 0 Å². The highest BCUT2D eigenvalue weighted by Crippen LogP contribution is 2.46. The number of esters is 1. The molecule has 3 rings (SSSR count). The van der Waals surface area contributed by atoms with Gasteiger partial charge in [-0.15, -0.1) is 0 Å². The fraction of sp³-hybridized carbons (Fsp3) is 0.556. The van der Waals surface area contributed by atoms with Gasteiger partial charge in [0.1, 0.15) is 11.5 Å². The molecule has 4 heteroatoms. The van der Waals surface area contributed by atoms with Crippen molar-refractivity contribution in [3.63, 3.8) is 0 Å². The van der Waals surface area contributed by atoms with Crippen LogP contribution in [0, 0.1) is 0 Å². The molecule has 2 aliphatic rings. The zero-order valence-electron chi connectivity index (χ0n) is 13.3. The van der Waals surface area contributed by atoms with E-state index in [-0.39, 0.29) is 11.5 Å². The van der Waals surface area contributed by atoms with Crippen molar-refractivity contribution < 1.29 is 14.3 Å². The molecule has 0 aliphatic heterocycles. The summed E-state index contributed by atoms with van der Waals surface area (Å²) >= 11 is 0. The zero-order valence-corrected chi connectivity index (χ0v) is 13.3. The second-order valence-electron chi connectivity index (χ2n) is 6.53. The third-order valence-electron chi connectivity index (χ3n) is 5.04. The van der Waals surface area contributed by atoms with E-state index < -0.39 is 0 Å². The third kappa shape index (κ3) is 2.93. The van der Waals surface area contributed by atoms with Gasteiger partial charge in [-0.05, 0) is 50.4 Å². The van der Waals surface area contributed by atoms with Crippen LogP contribution in [0.25, 0.3) is 0 Å². The molecule has 0 unspecified atom stereocenters. The number of ether oxygens (including phenoxy) is 1. The van der Waals surface area contributed by atoms with Crippen LogP contribution in [-0.2, 0) is 15.1 Å². The van der Waals surface area contributed by atoms with Crippen LogP contribution in [0.5, 0.6) is 5.75 Å². The molecule has 0 bridgehead atoms. The first-order valence-corrected chi connectivity index (χ1v) is 8.05. The number of hydrogen-bond donors (Lipinski definition) is 0. The van der Waals surface area contributed by atoms with Crippen molar-refractivity contribution in [3.8, 4) is 5.75 Å². The number of hydrogen-bond acceptors (Lipinski definition) is 4. The maximum atomic E-state index is 11.7. The fourth-order valence-electron chi connectivity index (χ4n) is 3.61. The highest BCUT2D eigenvalue weighted by molar-refractivity contribution is 5.79. The van der Waals surface area contributed by atoms with Gasteiger partial charge in [0.05, 0.1) is 0 Å². The summed E-state index contributed by atoms with van der Waals surface area (Å²) in [5.74, 6) is 0.641. The molecular formula is C18H23NO3. The number of carbonyl (C=O) groups is 2. The van der Waals surface area contributed by atoms with Crippen LogP contribution in [-0.4, -0.2) is 29.7 Å². The van der Waals surface area contributed by atoms with Gasteiger partial charge in [-0.2, -0.15) is 0 Å². The lowest BCUT2D eigenvalue weighted by Gasteiger charge is -2.45. The number of carbonyl (C=O) groups excluding carboxylic acids is 2. The molecule has 0 amide bonds. The topological polar surface area (TPSA) is 46.6 Å². The van der Waals surface area contributed by atoms with Crippen molar-refractivity contribution in [1.82, 2.24) is 4.90 Å². The van der Waals surface area contributed by atoms with E-state index in [4.69, 9.17) is 4.74 Å². The normalized spacial score (nSPS) is 21.0. The summed E-state index contributed by atoms with van der Waals surface area (Å²) in [5.41, 5.74) is 1.05. The van der Waals surface area contributed by atoms with Gasteiger partial charge in [-0.25, -0.2) is 0 Å². The van der Waals surface area contributed by atoms with Crippen LogP contribution < -0.4 is 4.74 Å². The van der Waals surface area contributed by atoms with Crippen molar-refractivity contribution in [1.29, 1.82) is 0 Å². The Morgan fingerprint density at radius 1 is 1.27 bits per heavy atom. The minimum absolute atomic E-state index is 0.106. The van der Waals surface area contributed by atoms with Gasteiger partial charge < -0.3 is 4.74 Å². The largest absolute Gasteiger partial charge is 0.427 e. The Balaban J connectivity index is 1.94. The molecule has 2 fully saturated rings. The number of ketones is 1. The van der Waals surface area contributed by atoms with Gasteiger partial charge in [0, 0.05) is 31.3 Å². The molecule has 2 aliphatic carbocycles. The molecule has 0 atom stereocenters. The minimum Gasteiger partial charge on any atom is -0.427 e. The van der Waals surface area contributed by atoms with E-state index >= 15 is 0 Å². The van der Waals surface area contributed by atoms with E-state index in [0.29, 0.717) is 30.4 Å². The Kier molecular flexibility index (Phi) is 4.04. The smallest absolute Gasteiger partial charge is 0.308 e. The Morgan fingerprint density at radius 2 is 1.95 bits per heavy atom. The van der Waals surface area contributed by atoms with Crippen LogP contribution in [0.2, 0.25) is 0 Å². The third-order valence-corrected chi connectivity index (χ3v) is 5.04. The van der Waals surface area contributed by atoms with E-state index in [9.17, 15) is 9.59 Å². The van der Waals surface area contributed by atoms with Crippen molar-refractivity contribution in [2.75, 3.05) is 7.05 Å². The second-order valence-corrected chi connectivity index (χ2v) is 6.53. The van der Waals surface area contributed by atoms with E-state index in [0.717, 1.165) is 18.4 Å². The Bertz CT molecular complexity index is 582. The zero-order chi connectivity index (χ0) is 15.7. The summed E-state index contributed by atoms with van der Waals surface area (Å²) in [4.78, 5) is 25.4. The molecule has 0 saturated heterocycles. The monoisotopic (exact) mass is 301 g/mol. The fourth-order valence-corrected chi connectivity index (χ4v) is 3.61. The standard InChI is InChI=1S/C18H23NO3/c1-13(20)22-17-5-3-4-14(12-17)18(19(2)15-6-7-15)10-8-16(21)9-11-18/h3-5,12,15H,6-11H2,1-2H3. The van der Waals surface area contributed by atoms with Crippen LogP contribution in [0.15, 0.2) is 24.3 Å². The molecule has 118 valence electrons. The molecule has 1 aromatic carbocycles. The van der Waals surface area contributed by atoms with Crippen LogP contribution in [0.3, 0.4) is 0 Å². The minimum atomic E-state index is -0.305. The first kappa shape index (κ1) is 15.2. The first-order valence-electron chi connectivity index (χ1n) is 8.05. The highest BCUT2D eigenvalue weighted by atomic mass is 16.5. The van der Waals surface area contributed by atoms with E-state index in [1.807, 2.05) is 18.2 Å². The van der Waals surface area contributed by atoms with Crippen molar-refractivity contribution in [3.05, 3.63) is 29.8 Å². The van der Waals surface area contributed by atoms with Crippen molar-refractivity contribution in [2.45, 2.75) is 57.0 Å². The molecule has 4 nitrogen and oxygen atoms in total. The lowest BCUT2D eigenvalue weighted by molar-refractivity contribution is -0.131. The van der Waals surface area contributed by atoms with Gasteiger partial charge >= 0.3 is 5.97 Å². The second kappa shape index (κ2) is 5.84. The average Bonchev–Trinajstić information content (AvgIpc) is 3.32. The van der Waals surface area contributed by atoms with Gasteiger partial charge in [0.15, 0.2) is 0 Å². The summed E-state index contributed by atoms with van der Waals surface area (Å²) in [5, 5.41) is 0. The SMILES string of the molecule is CC(=O)Oc1cccc(C2(N(C)C3CC3)CCC(=O)CC2)c1. The van der Waals surface area contributed by atoms with Crippen LogP contribution in [0.1, 0.15) is 51.0 Å². The summed E-state index contributed by atoms with van der Waals surface area (Å²) < 4.78 is 5.24. The summed E-state index contributed by atoms with van der Waals surface area (Å²) in [6.07, 6.45) is 5.43. The average molecular weight is 301 g/mol. The lowest BCUT2D eigenvalue weighted by Crippen LogP contribution is -2.47. The van der Waals surface area contributed by atoms with Gasteiger partial charge in [0.2, 0.25) is 0 Å². The molecule has 22 heavy (non-hydrogen) atoms. The van der Waals surface area contributed by atoms with Crippen molar-refractivity contribution in [2.24, 2.45) is 0 Å². The number of rotatable bonds is 4. The molecular weight excluding hydrogens is 278 g/mol. The van der Waals surface area contributed by atoms with Gasteiger partial charge in [-0.1, -0.05) is 12.1 Å². The quantitative estimate of drug-likeness (QED) is 0.633. The summed E-state index contributed by atoms with van der Waals surface area (Å²) in [6.45, 7) is 1.41. The van der Waals surface area contributed by atoms with Crippen LogP contribution >= 0.6 is 0 Å². The number of nitrogens with zero attached hydrogens (tertiary/aromatic N) is 1. The Labute approximate surface area is 131 Å². The molecule has 2 saturated carbocycles. The van der Waals surface area contributed by atoms with E-state index in [2.05, 4.69) is 18.0 Å². The Morgan fingerprint density at radius 3 is 2.55 bits per heavy atom. The maximum Gasteiger partial charge on any atom is 0.308 e.